The maximum absolute atomic E-state index is 13.1. The Morgan fingerprint density at radius 3 is 2.31 bits per heavy atom. The van der Waals surface area contributed by atoms with Gasteiger partial charge in [-0.15, -0.1) is 10.1 Å². The van der Waals surface area contributed by atoms with Crippen LogP contribution in [0.15, 0.2) is 61.2 Å². The van der Waals surface area contributed by atoms with Gasteiger partial charge in [0, 0.05) is 50.6 Å². The highest BCUT2D eigenvalue weighted by atomic mass is 35.5. The number of imidazole rings is 1. The molecule has 0 saturated heterocycles. The quantitative estimate of drug-likeness (QED) is 0.390. The molecule has 2 aromatic carbocycles. The van der Waals surface area contributed by atoms with Crippen molar-refractivity contribution in [1.29, 1.82) is 0 Å². The van der Waals surface area contributed by atoms with Gasteiger partial charge in [0.05, 0.1) is 11.6 Å². The minimum atomic E-state index is -1.50. The molecule has 0 aliphatic heterocycles. The Morgan fingerprint density at radius 1 is 1.14 bits per heavy atom. The number of aromatic nitrogens is 2. The Balaban J connectivity index is 0.000000687. The van der Waals surface area contributed by atoms with Crippen LogP contribution in [0.3, 0.4) is 0 Å². The summed E-state index contributed by atoms with van der Waals surface area (Å²) in [4.78, 5) is 12.4. The van der Waals surface area contributed by atoms with Gasteiger partial charge in [0.25, 0.3) is 5.09 Å². The third-order valence-corrected chi connectivity index (χ3v) is 6.25. The first-order valence-electron chi connectivity index (χ1n) is 8.12. The van der Waals surface area contributed by atoms with E-state index in [1.807, 2.05) is 29.0 Å². The van der Waals surface area contributed by atoms with Crippen molar-refractivity contribution < 1.29 is 14.5 Å². The Labute approximate surface area is 184 Å². The standard InChI is InChI=1S/C18H15Cl3N2OS.HNO3/c19-14-3-1-13(2-4-14)11-25(24)18(10-23-8-7-22-12-23)16-6-5-15(20)9-17(16)21;2-1(3)4/h1-9,12,18H,10-11H2;(H,2,3,4). The van der Waals surface area contributed by atoms with E-state index in [0.717, 1.165) is 11.1 Å². The van der Waals surface area contributed by atoms with Crippen LogP contribution in [0.5, 0.6) is 0 Å². The molecule has 1 aromatic heterocycles. The molecule has 2 atom stereocenters. The lowest BCUT2D eigenvalue weighted by molar-refractivity contribution is -0.742. The highest BCUT2D eigenvalue weighted by molar-refractivity contribution is 7.84. The molecular weight excluding hydrogens is 461 g/mol. The number of rotatable bonds is 6. The molecule has 7 nitrogen and oxygen atoms in total. The molecule has 0 fully saturated rings. The number of hydrogen-bond donors (Lipinski definition) is 1. The average molecular weight is 477 g/mol. The summed E-state index contributed by atoms with van der Waals surface area (Å²) in [6.07, 6.45) is 5.25. The largest absolute Gasteiger partial charge is 0.336 e. The molecule has 3 rings (SSSR count). The summed E-state index contributed by atoms with van der Waals surface area (Å²) in [5, 5.41) is 15.1. The molecule has 0 aliphatic carbocycles. The van der Waals surface area contributed by atoms with E-state index in [1.165, 1.54) is 0 Å². The smallest absolute Gasteiger partial charge is 0.291 e. The summed E-state index contributed by atoms with van der Waals surface area (Å²) in [5.41, 5.74) is 1.77. The zero-order valence-electron chi connectivity index (χ0n) is 14.8. The maximum Gasteiger partial charge on any atom is 0.291 e. The highest BCUT2D eigenvalue weighted by Gasteiger charge is 2.22. The topological polar surface area (TPSA) is 98.3 Å². The second-order valence-corrected chi connectivity index (χ2v) is 8.70. The highest BCUT2D eigenvalue weighted by Crippen LogP contribution is 2.32. The number of halogens is 3. The lowest BCUT2D eigenvalue weighted by Crippen LogP contribution is -2.15. The summed E-state index contributed by atoms with van der Waals surface area (Å²) < 4.78 is 15.0. The molecule has 154 valence electrons. The maximum atomic E-state index is 13.1. The van der Waals surface area contributed by atoms with Crippen molar-refractivity contribution in [1.82, 2.24) is 9.55 Å². The van der Waals surface area contributed by atoms with Gasteiger partial charge < -0.3 is 9.77 Å². The van der Waals surface area contributed by atoms with Gasteiger partial charge in [0.2, 0.25) is 0 Å². The fourth-order valence-corrected chi connectivity index (χ4v) is 4.80. The molecule has 2 unspecified atom stereocenters. The first-order valence-corrected chi connectivity index (χ1v) is 10.6. The molecule has 29 heavy (non-hydrogen) atoms. The summed E-state index contributed by atoms with van der Waals surface area (Å²) in [7, 11) is -1.19. The summed E-state index contributed by atoms with van der Waals surface area (Å²) in [6, 6.07) is 12.7. The van der Waals surface area contributed by atoms with Crippen LogP contribution in [0.4, 0.5) is 0 Å². The van der Waals surface area contributed by atoms with Crippen molar-refractivity contribution in [3.05, 3.63) is 97.5 Å². The van der Waals surface area contributed by atoms with Crippen molar-refractivity contribution in [3.8, 4) is 0 Å². The molecular formula is C18H16Cl3N3O4S. The van der Waals surface area contributed by atoms with E-state index in [9.17, 15) is 4.21 Å². The Kier molecular flexibility index (Phi) is 8.91. The molecule has 0 saturated carbocycles. The summed E-state index contributed by atoms with van der Waals surface area (Å²) >= 11 is 18.3. The number of hydrogen-bond acceptors (Lipinski definition) is 4. The molecule has 1 N–H and O–H groups in total. The normalized spacial score (nSPS) is 12.5. The third-order valence-electron chi connectivity index (χ3n) is 3.78. The van der Waals surface area contributed by atoms with Gasteiger partial charge in [-0.2, -0.15) is 0 Å². The molecule has 0 radical (unpaired) electrons. The molecule has 0 spiro atoms. The number of benzene rings is 2. The lowest BCUT2D eigenvalue weighted by Gasteiger charge is -2.19. The van der Waals surface area contributed by atoms with Gasteiger partial charge in [0.1, 0.15) is 0 Å². The van der Waals surface area contributed by atoms with Crippen molar-refractivity contribution in [2.75, 3.05) is 0 Å². The van der Waals surface area contributed by atoms with Gasteiger partial charge in [-0.1, -0.05) is 53.0 Å². The van der Waals surface area contributed by atoms with E-state index < -0.39 is 15.9 Å². The van der Waals surface area contributed by atoms with Crippen molar-refractivity contribution in [3.63, 3.8) is 0 Å². The summed E-state index contributed by atoms with van der Waals surface area (Å²) in [6.45, 7) is 0.515. The molecule has 0 aliphatic rings. The molecule has 11 heteroatoms. The predicted octanol–water partition coefficient (Wildman–Crippen LogP) is 5.19. The van der Waals surface area contributed by atoms with Crippen LogP contribution in [-0.2, 0) is 23.1 Å². The van der Waals surface area contributed by atoms with Crippen LogP contribution >= 0.6 is 34.8 Å². The minimum absolute atomic E-state index is 0.283. The van der Waals surface area contributed by atoms with Gasteiger partial charge in [-0.25, -0.2) is 4.98 Å². The Bertz CT molecular complexity index is 965. The average Bonchev–Trinajstić information content (AvgIpc) is 3.15. The Morgan fingerprint density at radius 2 is 1.76 bits per heavy atom. The van der Waals surface area contributed by atoms with E-state index >= 15 is 0 Å². The van der Waals surface area contributed by atoms with Crippen molar-refractivity contribution in [2.24, 2.45) is 0 Å². The first kappa shape index (κ1) is 23.2. The van der Waals surface area contributed by atoms with Crippen LogP contribution in [0.1, 0.15) is 16.4 Å². The van der Waals surface area contributed by atoms with Gasteiger partial charge in [-0.05, 0) is 35.4 Å². The van der Waals surface area contributed by atoms with Crippen LogP contribution < -0.4 is 0 Å². The summed E-state index contributed by atoms with van der Waals surface area (Å²) in [5.74, 6) is 0.412. The van der Waals surface area contributed by atoms with Crippen LogP contribution in [0.25, 0.3) is 0 Å². The van der Waals surface area contributed by atoms with E-state index in [2.05, 4.69) is 4.98 Å². The first-order chi connectivity index (χ1) is 13.8. The SMILES string of the molecule is O=S(Cc1ccc(Cl)cc1)C(Cn1ccnc1)c1ccc(Cl)cc1Cl.O=[N+]([O-])O. The van der Waals surface area contributed by atoms with Crippen LogP contribution in [0.2, 0.25) is 15.1 Å². The second kappa shape index (κ2) is 11.2. The van der Waals surface area contributed by atoms with Gasteiger partial charge >= 0.3 is 0 Å². The van der Waals surface area contributed by atoms with Gasteiger partial charge in [-0.3, -0.25) is 4.21 Å². The predicted molar refractivity (Wildman–Crippen MR) is 114 cm³/mol. The zero-order valence-corrected chi connectivity index (χ0v) is 17.9. The van der Waals surface area contributed by atoms with Gasteiger partial charge in [0.15, 0.2) is 0 Å². The van der Waals surface area contributed by atoms with E-state index in [-0.39, 0.29) is 5.25 Å². The van der Waals surface area contributed by atoms with Crippen molar-refractivity contribution in [2.45, 2.75) is 17.5 Å². The molecule has 0 amide bonds. The van der Waals surface area contributed by atoms with E-state index in [1.54, 1.807) is 36.8 Å². The molecule has 3 aromatic rings. The van der Waals surface area contributed by atoms with E-state index in [4.69, 9.17) is 50.1 Å². The Hall–Kier alpha value is -2.13. The third kappa shape index (κ3) is 7.66. The van der Waals surface area contributed by atoms with Crippen LogP contribution in [0, 0.1) is 10.1 Å². The van der Waals surface area contributed by atoms with Crippen LogP contribution in [-0.4, -0.2) is 24.1 Å². The van der Waals surface area contributed by atoms with E-state index in [0.29, 0.717) is 27.4 Å². The fourth-order valence-electron chi connectivity index (χ4n) is 2.52. The number of nitrogens with zero attached hydrogens (tertiary/aromatic N) is 3. The zero-order chi connectivity index (χ0) is 21.4. The second-order valence-electron chi connectivity index (χ2n) is 5.80. The fraction of sp³-hybridized carbons (Fsp3) is 0.167. The minimum Gasteiger partial charge on any atom is -0.336 e. The molecule has 1 heterocycles. The lowest BCUT2D eigenvalue weighted by atomic mass is 10.1. The monoisotopic (exact) mass is 475 g/mol. The molecule has 0 bridgehead atoms. The van der Waals surface area contributed by atoms with Crippen molar-refractivity contribution >= 4 is 45.6 Å².